The molecule has 0 aliphatic carbocycles. The zero-order chi connectivity index (χ0) is 18.7. The van der Waals surface area contributed by atoms with E-state index in [0.717, 1.165) is 0 Å². The second-order valence-electron chi connectivity index (χ2n) is 5.96. The van der Waals surface area contributed by atoms with E-state index in [-0.39, 0.29) is 16.9 Å². The summed E-state index contributed by atoms with van der Waals surface area (Å²) < 4.78 is 22.6. The molecule has 10 heteroatoms. The Labute approximate surface area is 151 Å². The number of aliphatic hydroxyl groups is 1. The fraction of sp³-hybridized carbons (Fsp3) is 0.312. The van der Waals surface area contributed by atoms with Crippen LogP contribution in [0.15, 0.2) is 35.4 Å². The lowest BCUT2D eigenvalue weighted by atomic mass is 10.1. The van der Waals surface area contributed by atoms with Crippen LogP contribution >= 0.6 is 0 Å². The molecule has 1 aromatic carbocycles. The normalized spacial score (nSPS) is 15.5. The second kappa shape index (κ2) is 7.25. The molecule has 0 radical (unpaired) electrons. The average Bonchev–Trinajstić information content (AvgIpc) is 2.62. The van der Waals surface area contributed by atoms with Crippen molar-refractivity contribution in [1.29, 1.82) is 5.26 Å². The number of nitrogens with zero attached hydrogens (tertiary/aromatic N) is 4. The number of aromatic nitrogens is 2. The molecule has 0 unspecified atom stereocenters. The number of nitrogens with one attached hydrogen (secondary N) is 1. The van der Waals surface area contributed by atoms with Crippen LogP contribution in [0.2, 0.25) is 0 Å². The number of anilines is 3. The van der Waals surface area contributed by atoms with E-state index in [0.29, 0.717) is 43.0 Å². The van der Waals surface area contributed by atoms with Gasteiger partial charge < -0.3 is 15.3 Å². The molecule has 0 saturated carbocycles. The maximum absolute atomic E-state index is 11.3. The van der Waals surface area contributed by atoms with Gasteiger partial charge in [-0.15, -0.1) is 0 Å². The maximum Gasteiger partial charge on any atom is 0.238 e. The number of aliphatic hydroxyl groups excluding tert-OH is 1. The molecule has 4 N–H and O–H groups in total. The number of primary sulfonamides is 1. The molecule has 1 aromatic heterocycles. The number of hydrogen-bond acceptors (Lipinski definition) is 8. The van der Waals surface area contributed by atoms with E-state index < -0.39 is 10.0 Å². The number of piperidine rings is 1. The van der Waals surface area contributed by atoms with Crippen LogP contribution in [0.25, 0.3) is 0 Å². The molecule has 1 fully saturated rings. The molecule has 2 heterocycles. The molecule has 9 nitrogen and oxygen atoms in total. The Bertz CT molecular complexity index is 931. The molecule has 1 saturated heterocycles. The minimum absolute atomic E-state index is 0.0105. The van der Waals surface area contributed by atoms with Crippen LogP contribution < -0.4 is 15.4 Å². The Balaban J connectivity index is 1.83. The van der Waals surface area contributed by atoms with Gasteiger partial charge in [0.1, 0.15) is 11.6 Å². The van der Waals surface area contributed by atoms with Crippen molar-refractivity contribution in [3.05, 3.63) is 36.0 Å². The lowest BCUT2D eigenvalue weighted by Gasteiger charge is -2.31. The third-order valence-electron chi connectivity index (χ3n) is 4.09. The zero-order valence-corrected chi connectivity index (χ0v) is 14.6. The number of nitrogens with two attached hydrogens (primary N) is 1. The number of sulfonamides is 1. The van der Waals surface area contributed by atoms with Crippen molar-refractivity contribution in [1.82, 2.24) is 9.97 Å². The highest BCUT2D eigenvalue weighted by Crippen LogP contribution is 2.24. The molecule has 3 rings (SSSR count). The Morgan fingerprint density at radius 1 is 1.27 bits per heavy atom. The second-order valence-corrected chi connectivity index (χ2v) is 7.52. The summed E-state index contributed by atoms with van der Waals surface area (Å²) in [6, 6.07) is 7.96. The van der Waals surface area contributed by atoms with Gasteiger partial charge in [-0.3, -0.25) is 0 Å². The predicted molar refractivity (Wildman–Crippen MR) is 95.3 cm³/mol. The van der Waals surface area contributed by atoms with Crippen LogP contribution in [0.4, 0.5) is 17.5 Å². The summed E-state index contributed by atoms with van der Waals surface area (Å²) in [4.78, 5) is 10.5. The molecule has 136 valence electrons. The SMILES string of the molecule is N#Cc1cnc(Nc2ccc(S(N)(=O)=O)cc2)nc1N1CCC(O)CC1. The van der Waals surface area contributed by atoms with E-state index in [2.05, 4.69) is 21.4 Å². The molecular formula is C16H18N6O3S. The van der Waals surface area contributed by atoms with Crippen molar-refractivity contribution in [2.75, 3.05) is 23.3 Å². The number of rotatable bonds is 4. The van der Waals surface area contributed by atoms with Crippen molar-refractivity contribution in [2.24, 2.45) is 5.14 Å². The summed E-state index contributed by atoms with van der Waals surface area (Å²) in [7, 11) is -3.75. The van der Waals surface area contributed by atoms with E-state index >= 15 is 0 Å². The minimum Gasteiger partial charge on any atom is -0.393 e. The highest BCUT2D eigenvalue weighted by molar-refractivity contribution is 7.89. The maximum atomic E-state index is 11.3. The number of benzene rings is 1. The first kappa shape index (κ1) is 18.1. The van der Waals surface area contributed by atoms with E-state index in [1.807, 2.05) is 4.90 Å². The van der Waals surface area contributed by atoms with Crippen molar-refractivity contribution in [3.8, 4) is 6.07 Å². The lowest BCUT2D eigenvalue weighted by Crippen LogP contribution is -2.36. The zero-order valence-electron chi connectivity index (χ0n) is 13.8. The van der Waals surface area contributed by atoms with Gasteiger partial charge in [0.15, 0.2) is 5.82 Å². The molecular weight excluding hydrogens is 356 g/mol. The summed E-state index contributed by atoms with van der Waals surface area (Å²) in [5.41, 5.74) is 0.943. The van der Waals surface area contributed by atoms with Crippen molar-refractivity contribution in [3.63, 3.8) is 0 Å². The molecule has 26 heavy (non-hydrogen) atoms. The van der Waals surface area contributed by atoms with Gasteiger partial charge in [-0.05, 0) is 37.1 Å². The molecule has 1 aliphatic rings. The molecule has 0 atom stereocenters. The van der Waals surface area contributed by atoms with Gasteiger partial charge in [-0.2, -0.15) is 10.2 Å². The van der Waals surface area contributed by atoms with E-state index in [1.165, 1.54) is 18.3 Å². The standard InChI is InChI=1S/C16H18N6O3S/c17-9-11-10-19-16(21-15(11)22-7-5-13(23)6-8-22)20-12-1-3-14(4-2-12)26(18,24)25/h1-4,10,13,23H,5-8H2,(H2,18,24,25)(H,19,20,21). The van der Waals surface area contributed by atoms with E-state index in [9.17, 15) is 18.8 Å². The summed E-state index contributed by atoms with van der Waals surface area (Å²) in [5.74, 6) is 0.798. The highest BCUT2D eigenvalue weighted by Gasteiger charge is 2.21. The summed E-state index contributed by atoms with van der Waals surface area (Å²) in [5, 5.41) is 27.0. The van der Waals surface area contributed by atoms with Crippen LogP contribution in [0.5, 0.6) is 0 Å². The van der Waals surface area contributed by atoms with Crippen molar-refractivity contribution in [2.45, 2.75) is 23.8 Å². The molecule has 0 amide bonds. The van der Waals surface area contributed by atoms with Gasteiger partial charge in [0, 0.05) is 18.8 Å². The van der Waals surface area contributed by atoms with Crippen molar-refractivity contribution < 1.29 is 13.5 Å². The first-order valence-electron chi connectivity index (χ1n) is 7.97. The fourth-order valence-electron chi connectivity index (χ4n) is 2.69. The number of hydrogen-bond donors (Lipinski definition) is 3. The average molecular weight is 374 g/mol. The quantitative estimate of drug-likeness (QED) is 0.709. The van der Waals surface area contributed by atoms with Gasteiger partial charge >= 0.3 is 0 Å². The Morgan fingerprint density at radius 2 is 1.92 bits per heavy atom. The topological polar surface area (TPSA) is 145 Å². The first-order valence-corrected chi connectivity index (χ1v) is 9.51. The summed E-state index contributed by atoms with van der Waals surface area (Å²) in [6.45, 7) is 1.21. The van der Waals surface area contributed by atoms with Crippen LogP contribution in [0.3, 0.4) is 0 Å². The van der Waals surface area contributed by atoms with Crippen molar-refractivity contribution >= 4 is 27.5 Å². The molecule has 1 aliphatic heterocycles. The third-order valence-corrected chi connectivity index (χ3v) is 5.02. The van der Waals surface area contributed by atoms with Crippen LogP contribution in [-0.2, 0) is 10.0 Å². The number of nitriles is 1. The minimum atomic E-state index is -3.75. The van der Waals surface area contributed by atoms with Crippen LogP contribution in [-0.4, -0.2) is 42.7 Å². The highest BCUT2D eigenvalue weighted by atomic mass is 32.2. The summed E-state index contributed by atoms with van der Waals surface area (Å²) in [6.07, 6.45) is 2.35. The van der Waals surface area contributed by atoms with Gasteiger partial charge in [0.05, 0.1) is 17.2 Å². The van der Waals surface area contributed by atoms with Gasteiger partial charge in [0.2, 0.25) is 16.0 Å². The monoisotopic (exact) mass is 374 g/mol. The predicted octanol–water partition coefficient (Wildman–Crippen LogP) is 0.700. The largest absolute Gasteiger partial charge is 0.393 e. The molecule has 2 aromatic rings. The Morgan fingerprint density at radius 3 is 2.50 bits per heavy atom. The molecule has 0 bridgehead atoms. The smallest absolute Gasteiger partial charge is 0.238 e. The van der Waals surface area contributed by atoms with Gasteiger partial charge in [0.25, 0.3) is 0 Å². The van der Waals surface area contributed by atoms with E-state index in [1.54, 1.807) is 12.1 Å². The van der Waals surface area contributed by atoms with Gasteiger partial charge in [-0.1, -0.05) is 0 Å². The van der Waals surface area contributed by atoms with Crippen LogP contribution in [0.1, 0.15) is 18.4 Å². The Kier molecular flexibility index (Phi) is 5.03. The Hall–Kier alpha value is -2.74. The third kappa shape index (κ3) is 4.08. The van der Waals surface area contributed by atoms with Gasteiger partial charge in [-0.25, -0.2) is 18.5 Å². The first-order chi connectivity index (χ1) is 12.4. The van der Waals surface area contributed by atoms with E-state index in [4.69, 9.17) is 5.14 Å². The fourth-order valence-corrected chi connectivity index (χ4v) is 3.20. The lowest BCUT2D eigenvalue weighted by molar-refractivity contribution is 0.145. The molecule has 0 spiro atoms. The van der Waals surface area contributed by atoms with Crippen LogP contribution in [0, 0.1) is 11.3 Å². The summed E-state index contributed by atoms with van der Waals surface area (Å²) >= 11 is 0.